The highest BCUT2D eigenvalue weighted by Gasteiger charge is 2.29. The Bertz CT molecular complexity index is 380. The molecule has 1 aromatic carbocycles. The Morgan fingerprint density at radius 1 is 1.24 bits per heavy atom. The maximum absolute atomic E-state index is 12.3. The molecule has 1 aromatic rings. The van der Waals surface area contributed by atoms with E-state index in [1.54, 1.807) is 0 Å². The van der Waals surface area contributed by atoms with Crippen LogP contribution in [-0.2, 0) is 12.7 Å². The molecule has 0 bridgehead atoms. The van der Waals surface area contributed by atoms with E-state index in [0.717, 1.165) is 24.1 Å². The number of hydrogen-bond acceptors (Lipinski definition) is 1. The van der Waals surface area contributed by atoms with Gasteiger partial charge in [0.2, 0.25) is 0 Å². The van der Waals surface area contributed by atoms with E-state index in [-0.39, 0.29) is 0 Å². The first-order valence-electron chi connectivity index (χ1n) is 5.38. The number of rotatable bonds is 4. The topological polar surface area (TPSA) is 38.4 Å². The van der Waals surface area contributed by atoms with E-state index >= 15 is 0 Å². The lowest BCUT2D eigenvalue weighted by molar-refractivity contribution is -0.137. The molecule has 17 heavy (non-hydrogen) atoms. The zero-order valence-electron chi connectivity index (χ0n) is 9.59. The minimum absolute atomic E-state index is 0.323. The van der Waals surface area contributed by atoms with Crippen molar-refractivity contribution in [3.63, 3.8) is 0 Å². The smallest absolute Gasteiger partial charge is 0.387 e. The van der Waals surface area contributed by atoms with Crippen LogP contribution in [-0.4, -0.2) is 5.84 Å². The molecule has 0 fully saturated rings. The number of halogens is 3. The zero-order valence-corrected chi connectivity index (χ0v) is 9.59. The molecule has 0 amide bonds. The van der Waals surface area contributed by atoms with Crippen molar-refractivity contribution in [1.82, 2.24) is 0 Å². The summed E-state index contributed by atoms with van der Waals surface area (Å²) in [5, 5.41) is 0. The molecular formula is C12H15F3N2. The van der Waals surface area contributed by atoms with E-state index in [1.807, 2.05) is 6.92 Å². The van der Waals surface area contributed by atoms with Crippen LogP contribution in [0.3, 0.4) is 0 Å². The van der Waals surface area contributed by atoms with Crippen molar-refractivity contribution in [3.8, 4) is 0 Å². The summed E-state index contributed by atoms with van der Waals surface area (Å²) in [7, 11) is 0. The molecular weight excluding hydrogens is 229 g/mol. The molecule has 0 heterocycles. The summed E-state index contributed by atoms with van der Waals surface area (Å²) in [6, 6.07) is 4.96. The maximum Gasteiger partial charge on any atom is 0.416 e. The highest BCUT2D eigenvalue weighted by atomic mass is 19.4. The Morgan fingerprint density at radius 2 is 1.82 bits per heavy atom. The van der Waals surface area contributed by atoms with E-state index in [9.17, 15) is 13.2 Å². The molecule has 5 heteroatoms. The summed E-state index contributed by atoms with van der Waals surface area (Å²) in [6.07, 6.45) is -2.67. The monoisotopic (exact) mass is 244 g/mol. The summed E-state index contributed by atoms with van der Waals surface area (Å²) in [4.78, 5) is 4.09. The van der Waals surface area contributed by atoms with Crippen LogP contribution in [0.2, 0.25) is 0 Å². The van der Waals surface area contributed by atoms with Gasteiger partial charge in [-0.2, -0.15) is 13.2 Å². The van der Waals surface area contributed by atoms with Gasteiger partial charge in [0, 0.05) is 6.42 Å². The fraction of sp³-hybridized carbons (Fsp3) is 0.417. The molecule has 0 unspecified atom stereocenters. The van der Waals surface area contributed by atoms with Gasteiger partial charge < -0.3 is 5.73 Å². The molecule has 0 saturated carbocycles. The third-order valence-corrected chi connectivity index (χ3v) is 2.25. The molecule has 0 aliphatic carbocycles. The van der Waals surface area contributed by atoms with Gasteiger partial charge in [0.05, 0.1) is 17.9 Å². The Labute approximate surface area is 98.4 Å². The number of alkyl halides is 3. The number of amidine groups is 1. The summed E-state index contributed by atoms with van der Waals surface area (Å²) >= 11 is 0. The first-order chi connectivity index (χ1) is 7.93. The average molecular weight is 244 g/mol. The molecule has 2 nitrogen and oxygen atoms in total. The van der Waals surface area contributed by atoms with Crippen LogP contribution in [0.25, 0.3) is 0 Å². The molecule has 0 atom stereocenters. The second-order valence-corrected chi connectivity index (χ2v) is 3.75. The predicted molar refractivity (Wildman–Crippen MR) is 61.7 cm³/mol. The number of nitrogens with zero attached hydrogens (tertiary/aromatic N) is 1. The normalized spacial score (nSPS) is 12.8. The highest BCUT2D eigenvalue weighted by molar-refractivity contribution is 5.80. The molecule has 0 aromatic heterocycles. The second kappa shape index (κ2) is 5.70. The van der Waals surface area contributed by atoms with Crippen molar-refractivity contribution in [3.05, 3.63) is 35.4 Å². The molecule has 0 spiro atoms. The number of hydrogen-bond donors (Lipinski definition) is 1. The summed E-state index contributed by atoms with van der Waals surface area (Å²) in [6.45, 7) is 2.31. The van der Waals surface area contributed by atoms with E-state index in [0.29, 0.717) is 18.8 Å². The largest absolute Gasteiger partial charge is 0.416 e. The lowest BCUT2D eigenvalue weighted by Crippen LogP contribution is -2.11. The second-order valence-electron chi connectivity index (χ2n) is 3.75. The Hall–Kier alpha value is -1.52. The first kappa shape index (κ1) is 13.5. The van der Waals surface area contributed by atoms with E-state index in [1.165, 1.54) is 12.1 Å². The van der Waals surface area contributed by atoms with Crippen LogP contribution in [0.5, 0.6) is 0 Å². The predicted octanol–water partition coefficient (Wildman–Crippen LogP) is 3.36. The Balaban J connectivity index is 2.66. The quantitative estimate of drug-likeness (QED) is 0.640. The van der Waals surface area contributed by atoms with Gasteiger partial charge in [0.15, 0.2) is 0 Å². The van der Waals surface area contributed by atoms with E-state index in [2.05, 4.69) is 4.99 Å². The van der Waals surface area contributed by atoms with E-state index in [4.69, 9.17) is 5.73 Å². The molecule has 0 aliphatic rings. The molecule has 0 saturated heterocycles. The Kier molecular flexibility index (Phi) is 4.54. The van der Waals surface area contributed by atoms with Crippen molar-refractivity contribution < 1.29 is 13.2 Å². The summed E-state index contributed by atoms with van der Waals surface area (Å²) < 4.78 is 36.9. The van der Waals surface area contributed by atoms with Gasteiger partial charge in [-0.05, 0) is 24.1 Å². The zero-order chi connectivity index (χ0) is 12.9. The minimum Gasteiger partial charge on any atom is -0.387 e. The van der Waals surface area contributed by atoms with Gasteiger partial charge in [-0.25, -0.2) is 0 Å². The lowest BCUT2D eigenvalue weighted by Gasteiger charge is -2.06. The van der Waals surface area contributed by atoms with Gasteiger partial charge in [-0.3, -0.25) is 4.99 Å². The molecule has 2 N–H and O–H groups in total. The van der Waals surface area contributed by atoms with Crippen LogP contribution in [0.4, 0.5) is 13.2 Å². The Morgan fingerprint density at radius 3 is 2.29 bits per heavy atom. The van der Waals surface area contributed by atoms with Gasteiger partial charge in [0.1, 0.15) is 0 Å². The first-order valence-corrected chi connectivity index (χ1v) is 5.38. The molecule has 1 rings (SSSR count). The van der Waals surface area contributed by atoms with Crippen LogP contribution in [0, 0.1) is 0 Å². The SMILES string of the molecule is CCCC(N)=NCc1ccc(C(F)(F)F)cc1. The highest BCUT2D eigenvalue weighted by Crippen LogP contribution is 2.29. The minimum atomic E-state index is -4.29. The van der Waals surface area contributed by atoms with Crippen LogP contribution in [0.1, 0.15) is 30.9 Å². The van der Waals surface area contributed by atoms with Gasteiger partial charge in [-0.1, -0.05) is 19.1 Å². The van der Waals surface area contributed by atoms with Crippen molar-refractivity contribution in [2.24, 2.45) is 10.7 Å². The molecule has 94 valence electrons. The number of nitrogens with two attached hydrogens (primary N) is 1. The van der Waals surface area contributed by atoms with Crippen molar-refractivity contribution >= 4 is 5.84 Å². The number of aliphatic imine (C=N–C) groups is 1. The number of benzene rings is 1. The van der Waals surface area contributed by atoms with Crippen molar-refractivity contribution in [2.45, 2.75) is 32.5 Å². The van der Waals surface area contributed by atoms with Gasteiger partial charge in [-0.15, -0.1) is 0 Å². The third-order valence-electron chi connectivity index (χ3n) is 2.25. The molecule has 0 radical (unpaired) electrons. The van der Waals surface area contributed by atoms with Gasteiger partial charge in [0.25, 0.3) is 0 Å². The van der Waals surface area contributed by atoms with Crippen molar-refractivity contribution in [2.75, 3.05) is 0 Å². The van der Waals surface area contributed by atoms with E-state index < -0.39 is 11.7 Å². The summed E-state index contributed by atoms with van der Waals surface area (Å²) in [5.74, 6) is 0.535. The fourth-order valence-corrected chi connectivity index (χ4v) is 1.33. The average Bonchev–Trinajstić information content (AvgIpc) is 2.26. The molecule has 0 aliphatic heterocycles. The lowest BCUT2D eigenvalue weighted by atomic mass is 10.1. The third kappa shape index (κ3) is 4.46. The van der Waals surface area contributed by atoms with Gasteiger partial charge >= 0.3 is 6.18 Å². The fourth-order valence-electron chi connectivity index (χ4n) is 1.33. The van der Waals surface area contributed by atoms with Crippen molar-refractivity contribution in [1.29, 1.82) is 0 Å². The summed E-state index contributed by atoms with van der Waals surface area (Å²) in [5.41, 5.74) is 5.67. The maximum atomic E-state index is 12.3. The van der Waals surface area contributed by atoms with Crippen LogP contribution in [0.15, 0.2) is 29.3 Å². The standard InChI is InChI=1S/C12H15F3N2/c1-2-3-11(16)17-8-9-4-6-10(7-5-9)12(13,14)15/h4-7H,2-3,8H2,1H3,(H2,16,17). The van der Waals surface area contributed by atoms with Crippen LogP contribution >= 0.6 is 0 Å². The van der Waals surface area contributed by atoms with Crippen LogP contribution < -0.4 is 5.73 Å².